The molecule has 0 spiro atoms. The SMILES string of the molecule is CCCNCc1sccc1S(=O)(=O)NC(C)CCSC. The van der Waals surface area contributed by atoms with E-state index in [0.29, 0.717) is 11.4 Å². The Labute approximate surface area is 130 Å². The zero-order valence-electron chi connectivity index (χ0n) is 12.3. The number of hydrogen-bond acceptors (Lipinski definition) is 5. The smallest absolute Gasteiger partial charge is 0.241 e. The molecular formula is C13H24N2O2S3. The minimum Gasteiger partial charge on any atom is -0.312 e. The molecule has 0 aliphatic rings. The van der Waals surface area contributed by atoms with Crippen LogP contribution in [-0.4, -0.2) is 33.0 Å². The van der Waals surface area contributed by atoms with Gasteiger partial charge in [0.1, 0.15) is 0 Å². The van der Waals surface area contributed by atoms with Crippen molar-refractivity contribution in [1.29, 1.82) is 0 Å². The van der Waals surface area contributed by atoms with Gasteiger partial charge in [0.05, 0.1) is 4.90 Å². The van der Waals surface area contributed by atoms with Crippen LogP contribution in [0.1, 0.15) is 31.6 Å². The molecule has 0 aliphatic carbocycles. The van der Waals surface area contributed by atoms with Crippen molar-refractivity contribution in [1.82, 2.24) is 10.0 Å². The van der Waals surface area contributed by atoms with Gasteiger partial charge in [-0.25, -0.2) is 13.1 Å². The van der Waals surface area contributed by atoms with Gasteiger partial charge in [0.15, 0.2) is 0 Å². The Morgan fingerprint density at radius 1 is 1.45 bits per heavy atom. The first-order valence-corrected chi connectivity index (χ1v) is 10.5. The second kappa shape index (κ2) is 9.04. The van der Waals surface area contributed by atoms with Crippen LogP contribution in [0.15, 0.2) is 16.3 Å². The highest BCUT2D eigenvalue weighted by molar-refractivity contribution is 7.98. The predicted molar refractivity (Wildman–Crippen MR) is 89.1 cm³/mol. The molecule has 1 heterocycles. The maximum Gasteiger partial charge on any atom is 0.241 e. The quantitative estimate of drug-likeness (QED) is 0.645. The van der Waals surface area contributed by atoms with E-state index in [1.54, 1.807) is 17.8 Å². The third-order valence-corrected chi connectivity index (χ3v) is 6.19. The van der Waals surface area contributed by atoms with E-state index >= 15 is 0 Å². The number of sulfonamides is 1. The summed E-state index contributed by atoms with van der Waals surface area (Å²) in [4.78, 5) is 1.30. The van der Waals surface area contributed by atoms with Gasteiger partial charge in [0, 0.05) is 17.5 Å². The summed E-state index contributed by atoms with van der Waals surface area (Å²) in [5.41, 5.74) is 0. The van der Waals surface area contributed by atoms with Gasteiger partial charge in [-0.05, 0) is 49.8 Å². The average Bonchev–Trinajstić information content (AvgIpc) is 2.85. The molecule has 1 aromatic rings. The van der Waals surface area contributed by atoms with Crippen LogP contribution in [0.5, 0.6) is 0 Å². The summed E-state index contributed by atoms with van der Waals surface area (Å²) in [7, 11) is -3.40. The Morgan fingerprint density at radius 2 is 2.20 bits per heavy atom. The zero-order chi connectivity index (χ0) is 15.0. The van der Waals surface area contributed by atoms with Crippen LogP contribution in [0.3, 0.4) is 0 Å². The number of thioether (sulfide) groups is 1. The second-order valence-electron chi connectivity index (χ2n) is 4.69. The molecule has 0 aliphatic heterocycles. The van der Waals surface area contributed by atoms with Crippen molar-refractivity contribution >= 4 is 33.1 Å². The minimum absolute atomic E-state index is 0.0381. The third kappa shape index (κ3) is 5.73. The highest BCUT2D eigenvalue weighted by atomic mass is 32.2. The van der Waals surface area contributed by atoms with E-state index in [2.05, 4.69) is 17.0 Å². The number of thiophene rings is 1. The van der Waals surface area contributed by atoms with Gasteiger partial charge >= 0.3 is 0 Å². The van der Waals surface area contributed by atoms with Crippen LogP contribution in [0.4, 0.5) is 0 Å². The van der Waals surface area contributed by atoms with Gasteiger partial charge in [0.25, 0.3) is 0 Å². The van der Waals surface area contributed by atoms with Crippen molar-refractivity contribution in [2.75, 3.05) is 18.6 Å². The van der Waals surface area contributed by atoms with Gasteiger partial charge in [-0.1, -0.05) is 6.92 Å². The van der Waals surface area contributed by atoms with E-state index in [9.17, 15) is 8.42 Å². The van der Waals surface area contributed by atoms with Crippen LogP contribution in [0, 0.1) is 0 Å². The lowest BCUT2D eigenvalue weighted by Crippen LogP contribution is -2.33. The molecule has 0 fully saturated rings. The molecule has 0 amide bonds. The summed E-state index contributed by atoms with van der Waals surface area (Å²) >= 11 is 3.21. The van der Waals surface area contributed by atoms with E-state index in [0.717, 1.165) is 30.0 Å². The Bertz CT molecular complexity index is 486. The molecule has 1 unspecified atom stereocenters. The third-order valence-electron chi connectivity index (χ3n) is 2.82. The lowest BCUT2D eigenvalue weighted by atomic mass is 10.3. The summed E-state index contributed by atoms with van der Waals surface area (Å²) in [5, 5.41) is 5.09. The molecule has 0 aromatic carbocycles. The van der Waals surface area contributed by atoms with E-state index in [1.165, 1.54) is 11.3 Å². The van der Waals surface area contributed by atoms with Crippen molar-refractivity contribution in [2.45, 2.75) is 44.2 Å². The molecule has 0 saturated carbocycles. The number of hydrogen-bond donors (Lipinski definition) is 2. The van der Waals surface area contributed by atoms with E-state index in [1.807, 2.05) is 18.6 Å². The van der Waals surface area contributed by atoms with Crippen molar-refractivity contribution in [2.24, 2.45) is 0 Å². The Morgan fingerprint density at radius 3 is 2.85 bits per heavy atom. The summed E-state index contributed by atoms with van der Waals surface area (Å²) in [6.45, 7) is 5.51. The Hall–Kier alpha value is -0.0800. The molecule has 1 rings (SSSR count). The fourth-order valence-electron chi connectivity index (χ4n) is 1.76. The first-order valence-electron chi connectivity index (χ1n) is 6.79. The average molecular weight is 337 g/mol. The van der Waals surface area contributed by atoms with E-state index < -0.39 is 10.0 Å². The van der Waals surface area contributed by atoms with Crippen LogP contribution >= 0.6 is 23.1 Å². The maximum atomic E-state index is 12.4. The fraction of sp³-hybridized carbons (Fsp3) is 0.692. The van der Waals surface area contributed by atoms with E-state index in [4.69, 9.17) is 0 Å². The molecule has 4 nitrogen and oxygen atoms in total. The Balaban J connectivity index is 2.69. The highest BCUT2D eigenvalue weighted by Gasteiger charge is 2.21. The molecular weight excluding hydrogens is 312 g/mol. The normalized spacial score (nSPS) is 13.6. The molecule has 116 valence electrons. The lowest BCUT2D eigenvalue weighted by molar-refractivity contribution is 0.555. The second-order valence-corrected chi connectivity index (χ2v) is 8.36. The molecule has 7 heteroatoms. The van der Waals surface area contributed by atoms with Crippen molar-refractivity contribution in [3.05, 3.63) is 16.3 Å². The molecule has 1 aromatic heterocycles. The molecule has 20 heavy (non-hydrogen) atoms. The van der Waals surface area contributed by atoms with Gasteiger partial charge < -0.3 is 5.32 Å². The minimum atomic E-state index is -3.40. The molecule has 0 radical (unpaired) electrons. The molecule has 1 atom stereocenters. The topological polar surface area (TPSA) is 58.2 Å². The maximum absolute atomic E-state index is 12.4. The highest BCUT2D eigenvalue weighted by Crippen LogP contribution is 2.22. The largest absolute Gasteiger partial charge is 0.312 e. The molecule has 0 bridgehead atoms. The van der Waals surface area contributed by atoms with Gasteiger partial charge in [-0.2, -0.15) is 11.8 Å². The van der Waals surface area contributed by atoms with Gasteiger partial charge in [-0.15, -0.1) is 11.3 Å². The van der Waals surface area contributed by atoms with Gasteiger partial charge in [-0.3, -0.25) is 0 Å². The van der Waals surface area contributed by atoms with E-state index in [-0.39, 0.29) is 6.04 Å². The summed E-state index contributed by atoms with van der Waals surface area (Å²) in [5.74, 6) is 0.957. The van der Waals surface area contributed by atoms with Crippen molar-refractivity contribution in [3.63, 3.8) is 0 Å². The number of nitrogens with one attached hydrogen (secondary N) is 2. The van der Waals surface area contributed by atoms with Crippen LogP contribution < -0.4 is 10.0 Å². The van der Waals surface area contributed by atoms with Crippen LogP contribution in [-0.2, 0) is 16.6 Å². The molecule has 0 saturated heterocycles. The van der Waals surface area contributed by atoms with Crippen molar-refractivity contribution < 1.29 is 8.42 Å². The summed E-state index contributed by atoms with van der Waals surface area (Å²) in [6, 6.07) is 1.65. The monoisotopic (exact) mass is 336 g/mol. The Kier molecular flexibility index (Phi) is 8.13. The standard InChI is InChI=1S/C13H24N2O2S3/c1-4-7-14-10-12-13(6-9-19-12)20(16,17)15-11(2)5-8-18-3/h6,9,11,14-15H,4-5,7-8,10H2,1-3H3. The first kappa shape index (κ1) is 18.0. The summed E-state index contributed by atoms with van der Waals surface area (Å²) in [6.07, 6.45) is 3.91. The zero-order valence-corrected chi connectivity index (χ0v) is 14.8. The predicted octanol–water partition coefficient (Wildman–Crippen LogP) is 2.67. The first-order chi connectivity index (χ1) is 9.51. The van der Waals surface area contributed by atoms with Crippen LogP contribution in [0.25, 0.3) is 0 Å². The fourth-order valence-corrected chi connectivity index (χ4v) is 5.04. The molecule has 2 N–H and O–H groups in total. The van der Waals surface area contributed by atoms with Crippen molar-refractivity contribution in [3.8, 4) is 0 Å². The number of rotatable bonds is 10. The summed E-state index contributed by atoms with van der Waals surface area (Å²) < 4.78 is 27.5. The van der Waals surface area contributed by atoms with Gasteiger partial charge in [0.2, 0.25) is 10.0 Å². The lowest BCUT2D eigenvalue weighted by Gasteiger charge is -2.14. The van der Waals surface area contributed by atoms with Crippen LogP contribution in [0.2, 0.25) is 0 Å².